The molecule has 6 heteroatoms. The van der Waals surface area contributed by atoms with E-state index in [-0.39, 0.29) is 5.91 Å². The number of rotatable bonds is 3. The Bertz CT molecular complexity index is 661. The van der Waals surface area contributed by atoms with Crippen LogP contribution in [0.1, 0.15) is 16.1 Å². The zero-order chi connectivity index (χ0) is 14.7. The molecular formula is C14H13BrClN3O. The van der Waals surface area contributed by atoms with Crippen molar-refractivity contribution in [2.75, 3.05) is 17.7 Å². The van der Waals surface area contributed by atoms with Gasteiger partial charge in [0.15, 0.2) is 0 Å². The van der Waals surface area contributed by atoms with Gasteiger partial charge in [-0.15, -0.1) is 0 Å². The second-order valence-corrected chi connectivity index (χ2v) is 5.49. The van der Waals surface area contributed by atoms with Crippen molar-refractivity contribution < 1.29 is 4.79 Å². The highest BCUT2D eigenvalue weighted by atomic mass is 79.9. The van der Waals surface area contributed by atoms with Crippen LogP contribution in [0.25, 0.3) is 0 Å². The monoisotopic (exact) mass is 353 g/mol. The second kappa shape index (κ2) is 6.24. The number of pyridine rings is 1. The molecule has 0 bridgehead atoms. The lowest BCUT2D eigenvalue weighted by Gasteiger charge is -2.11. The molecule has 20 heavy (non-hydrogen) atoms. The molecule has 0 atom stereocenters. The smallest absolute Gasteiger partial charge is 0.259 e. The third-order valence-corrected chi connectivity index (χ3v) is 3.66. The van der Waals surface area contributed by atoms with Crippen LogP contribution in [0.15, 0.2) is 34.9 Å². The van der Waals surface area contributed by atoms with E-state index in [1.165, 1.54) is 0 Å². The summed E-state index contributed by atoms with van der Waals surface area (Å²) in [5.74, 6) is -0.246. The number of nitrogens with one attached hydrogen (secondary N) is 2. The summed E-state index contributed by atoms with van der Waals surface area (Å²) in [5.41, 5.74) is 2.66. The maximum atomic E-state index is 12.3. The summed E-state index contributed by atoms with van der Waals surface area (Å²) in [7, 11) is 1.76. The first kappa shape index (κ1) is 14.8. The fraction of sp³-hybridized carbons (Fsp3) is 0.143. The van der Waals surface area contributed by atoms with Crippen LogP contribution in [0, 0.1) is 6.92 Å². The summed E-state index contributed by atoms with van der Waals surface area (Å²) in [5, 5.41) is 6.36. The molecule has 0 radical (unpaired) electrons. The molecule has 1 heterocycles. The summed E-state index contributed by atoms with van der Waals surface area (Å²) in [6.07, 6.45) is 1.55. The van der Waals surface area contributed by atoms with E-state index in [0.29, 0.717) is 16.3 Å². The SMILES string of the molecule is CNc1cc(C)ncc1C(=O)Nc1cc(Cl)ccc1Br. The topological polar surface area (TPSA) is 54.0 Å². The lowest BCUT2D eigenvalue weighted by atomic mass is 10.2. The maximum Gasteiger partial charge on any atom is 0.259 e. The van der Waals surface area contributed by atoms with Crippen molar-refractivity contribution in [3.8, 4) is 0 Å². The van der Waals surface area contributed by atoms with Gasteiger partial charge in [0.25, 0.3) is 5.91 Å². The molecule has 2 N–H and O–H groups in total. The number of aryl methyl sites for hydroxylation is 1. The zero-order valence-corrected chi connectivity index (χ0v) is 13.3. The van der Waals surface area contributed by atoms with Gasteiger partial charge >= 0.3 is 0 Å². The van der Waals surface area contributed by atoms with Gasteiger partial charge in [-0.3, -0.25) is 9.78 Å². The van der Waals surface area contributed by atoms with E-state index < -0.39 is 0 Å². The summed E-state index contributed by atoms with van der Waals surface area (Å²) in [6, 6.07) is 7.03. The fourth-order valence-electron chi connectivity index (χ4n) is 1.73. The van der Waals surface area contributed by atoms with Gasteiger partial charge in [-0.2, -0.15) is 0 Å². The summed E-state index contributed by atoms with van der Waals surface area (Å²) >= 11 is 9.30. The van der Waals surface area contributed by atoms with Crippen LogP contribution in [0.5, 0.6) is 0 Å². The van der Waals surface area contributed by atoms with E-state index in [1.54, 1.807) is 31.4 Å². The molecular weight excluding hydrogens is 342 g/mol. The predicted molar refractivity (Wildman–Crippen MR) is 85.6 cm³/mol. The van der Waals surface area contributed by atoms with Crippen molar-refractivity contribution in [2.24, 2.45) is 0 Å². The molecule has 0 saturated carbocycles. The number of anilines is 2. The van der Waals surface area contributed by atoms with Gasteiger partial charge in [0, 0.05) is 28.4 Å². The molecule has 1 aromatic heterocycles. The molecule has 104 valence electrons. The Hall–Kier alpha value is -1.59. The third kappa shape index (κ3) is 3.29. The number of halogens is 2. The van der Waals surface area contributed by atoms with E-state index in [0.717, 1.165) is 15.9 Å². The number of amides is 1. The quantitative estimate of drug-likeness (QED) is 0.872. The summed E-state index contributed by atoms with van der Waals surface area (Å²) in [4.78, 5) is 16.5. The molecule has 0 unspecified atom stereocenters. The van der Waals surface area contributed by atoms with Gasteiger partial charge in [-0.05, 0) is 47.1 Å². The molecule has 0 saturated heterocycles. The molecule has 2 aromatic rings. The molecule has 0 aliphatic rings. The highest BCUT2D eigenvalue weighted by Crippen LogP contribution is 2.27. The van der Waals surface area contributed by atoms with Crippen LogP contribution in [0.4, 0.5) is 11.4 Å². The van der Waals surface area contributed by atoms with Crippen molar-refractivity contribution in [2.45, 2.75) is 6.92 Å². The fourth-order valence-corrected chi connectivity index (χ4v) is 2.25. The van der Waals surface area contributed by atoms with Crippen LogP contribution >= 0.6 is 27.5 Å². The molecule has 0 spiro atoms. The Morgan fingerprint density at radius 3 is 2.75 bits per heavy atom. The molecule has 1 aromatic carbocycles. The standard InChI is InChI=1S/C14H13BrClN3O/c1-8-5-12(17-2)10(7-18-8)14(20)19-13-6-9(16)3-4-11(13)15/h3-7H,1-2H3,(H,17,18)(H,19,20). The number of benzene rings is 1. The summed E-state index contributed by atoms with van der Waals surface area (Å²) in [6.45, 7) is 1.87. The van der Waals surface area contributed by atoms with Crippen LogP contribution in [-0.2, 0) is 0 Å². The minimum Gasteiger partial charge on any atom is -0.387 e. The van der Waals surface area contributed by atoms with Gasteiger partial charge in [-0.25, -0.2) is 0 Å². The third-order valence-electron chi connectivity index (χ3n) is 2.73. The van der Waals surface area contributed by atoms with E-state index in [9.17, 15) is 4.79 Å². The van der Waals surface area contributed by atoms with Crippen LogP contribution in [-0.4, -0.2) is 17.9 Å². The first-order chi connectivity index (χ1) is 9.51. The predicted octanol–water partition coefficient (Wildman–Crippen LogP) is 4.10. The van der Waals surface area contributed by atoms with Crippen molar-refractivity contribution in [1.29, 1.82) is 0 Å². The average Bonchev–Trinajstić information content (AvgIpc) is 2.42. The van der Waals surface area contributed by atoms with Gasteiger partial charge in [0.2, 0.25) is 0 Å². The van der Waals surface area contributed by atoms with Crippen molar-refractivity contribution >= 4 is 44.8 Å². The number of nitrogens with zero attached hydrogens (tertiary/aromatic N) is 1. The number of carbonyl (C=O) groups excluding carboxylic acids is 1. The first-order valence-corrected chi connectivity index (χ1v) is 7.09. The van der Waals surface area contributed by atoms with Crippen LogP contribution in [0.3, 0.4) is 0 Å². The van der Waals surface area contributed by atoms with E-state index in [1.807, 2.05) is 13.0 Å². The molecule has 2 rings (SSSR count). The van der Waals surface area contributed by atoms with Crippen molar-refractivity contribution in [3.63, 3.8) is 0 Å². The van der Waals surface area contributed by atoms with Crippen molar-refractivity contribution in [1.82, 2.24) is 4.98 Å². The first-order valence-electron chi connectivity index (χ1n) is 5.92. The van der Waals surface area contributed by atoms with E-state index >= 15 is 0 Å². The lowest BCUT2D eigenvalue weighted by molar-refractivity contribution is 0.102. The highest BCUT2D eigenvalue weighted by Gasteiger charge is 2.13. The number of hydrogen-bond acceptors (Lipinski definition) is 3. The van der Waals surface area contributed by atoms with Gasteiger partial charge < -0.3 is 10.6 Å². The Labute approximate surface area is 130 Å². The molecule has 0 aliphatic carbocycles. The second-order valence-electron chi connectivity index (χ2n) is 4.20. The zero-order valence-electron chi connectivity index (χ0n) is 11.0. The average molecular weight is 355 g/mol. The minimum absolute atomic E-state index is 0.246. The Balaban J connectivity index is 2.30. The molecule has 0 fully saturated rings. The lowest BCUT2D eigenvalue weighted by Crippen LogP contribution is -2.15. The van der Waals surface area contributed by atoms with Crippen molar-refractivity contribution in [3.05, 3.63) is 51.2 Å². The van der Waals surface area contributed by atoms with Gasteiger partial charge in [0.1, 0.15) is 0 Å². The normalized spacial score (nSPS) is 10.2. The van der Waals surface area contributed by atoms with E-state index in [2.05, 4.69) is 31.5 Å². The largest absolute Gasteiger partial charge is 0.387 e. The Morgan fingerprint density at radius 1 is 1.30 bits per heavy atom. The number of carbonyl (C=O) groups is 1. The Morgan fingerprint density at radius 2 is 2.05 bits per heavy atom. The highest BCUT2D eigenvalue weighted by molar-refractivity contribution is 9.10. The molecule has 1 amide bonds. The van der Waals surface area contributed by atoms with E-state index in [4.69, 9.17) is 11.6 Å². The Kier molecular flexibility index (Phi) is 4.62. The number of aromatic nitrogens is 1. The molecule has 4 nitrogen and oxygen atoms in total. The van der Waals surface area contributed by atoms with Gasteiger partial charge in [-0.1, -0.05) is 11.6 Å². The van der Waals surface area contributed by atoms with Crippen LogP contribution in [0.2, 0.25) is 5.02 Å². The van der Waals surface area contributed by atoms with Crippen LogP contribution < -0.4 is 10.6 Å². The molecule has 0 aliphatic heterocycles. The van der Waals surface area contributed by atoms with Gasteiger partial charge in [0.05, 0.1) is 16.9 Å². The number of hydrogen-bond donors (Lipinski definition) is 2. The summed E-state index contributed by atoms with van der Waals surface area (Å²) < 4.78 is 0.765. The minimum atomic E-state index is -0.246. The maximum absolute atomic E-state index is 12.3.